The van der Waals surface area contributed by atoms with Gasteiger partial charge in [0, 0.05) is 16.9 Å². The first-order chi connectivity index (χ1) is 17.3. The molecule has 1 aliphatic rings. The minimum absolute atomic E-state index is 0.0650. The molecule has 1 fully saturated rings. The summed E-state index contributed by atoms with van der Waals surface area (Å²) in [7, 11) is 4.98. The van der Waals surface area contributed by atoms with Crippen LogP contribution >= 0.6 is 0 Å². The molecule has 2 rings (SSSR count). The van der Waals surface area contributed by atoms with Gasteiger partial charge < -0.3 is 31.2 Å². The molecule has 0 heterocycles. The molecule has 0 aromatic heterocycles. The number of benzene rings is 1. The molecule has 5 N–H and O–H groups in total. The first kappa shape index (κ1) is 30.4. The Hall–Kier alpha value is -2.85. The standard InChI is InChI=1S/C27H41BN4O5/c1-17(2)24(32-22(33)13-18(3)37-16-27(4,5)29)25(20-7-6-8-20)30-14-23(34)31-21-11-9-19(10-12-21)15-36-26(28)35/h9-12,17-18,24,30H,6-8,13-16,29H2,1-5H3,(H,31,34)(H,32,33). The molecule has 2 radical (unpaired) electrons. The number of hydrogen-bond acceptors (Lipinski definition) is 7. The number of amides is 2. The zero-order valence-corrected chi connectivity index (χ0v) is 22.7. The van der Waals surface area contributed by atoms with Crippen molar-refractivity contribution in [1.29, 1.82) is 0 Å². The van der Waals surface area contributed by atoms with E-state index in [0.29, 0.717) is 12.3 Å². The Morgan fingerprint density at radius 1 is 1.08 bits per heavy atom. The molecule has 0 aliphatic heterocycles. The van der Waals surface area contributed by atoms with Crippen molar-refractivity contribution in [3.05, 3.63) is 41.1 Å². The summed E-state index contributed by atoms with van der Waals surface area (Å²) in [4.78, 5) is 36.2. The first-order valence-electron chi connectivity index (χ1n) is 12.8. The van der Waals surface area contributed by atoms with E-state index in [2.05, 4.69) is 16.0 Å². The Morgan fingerprint density at radius 3 is 2.24 bits per heavy atom. The predicted molar refractivity (Wildman–Crippen MR) is 145 cm³/mol. The number of carbonyl (C=O) groups excluding carboxylic acids is 3. The van der Waals surface area contributed by atoms with Crippen LogP contribution in [0.15, 0.2) is 35.5 Å². The molecule has 1 saturated carbocycles. The minimum atomic E-state index is -0.839. The molecule has 1 aromatic rings. The number of nitrogens with two attached hydrogens (primary N) is 1. The molecular weight excluding hydrogens is 471 g/mol. The molecule has 1 aromatic carbocycles. The third-order valence-electron chi connectivity index (χ3n) is 5.90. The van der Waals surface area contributed by atoms with Crippen molar-refractivity contribution in [3.63, 3.8) is 0 Å². The van der Waals surface area contributed by atoms with E-state index in [4.69, 9.17) is 23.1 Å². The number of allylic oxidation sites excluding steroid dienone is 1. The maximum absolute atomic E-state index is 12.8. The summed E-state index contributed by atoms with van der Waals surface area (Å²) in [5.41, 5.74) is 9.04. The van der Waals surface area contributed by atoms with Crippen LogP contribution < -0.4 is 21.7 Å². The lowest BCUT2D eigenvalue weighted by molar-refractivity contribution is -0.124. The summed E-state index contributed by atoms with van der Waals surface area (Å²) >= 11 is 0. The number of ether oxygens (including phenoxy) is 2. The van der Waals surface area contributed by atoms with Gasteiger partial charge in [-0.3, -0.25) is 14.4 Å². The molecule has 0 spiro atoms. The van der Waals surface area contributed by atoms with Crippen molar-refractivity contribution in [1.82, 2.24) is 10.6 Å². The van der Waals surface area contributed by atoms with Crippen LogP contribution in [0.3, 0.4) is 0 Å². The van der Waals surface area contributed by atoms with Crippen molar-refractivity contribution >= 4 is 31.2 Å². The van der Waals surface area contributed by atoms with E-state index in [1.54, 1.807) is 24.3 Å². The van der Waals surface area contributed by atoms with E-state index in [0.717, 1.165) is 30.5 Å². The molecule has 202 valence electrons. The monoisotopic (exact) mass is 512 g/mol. The number of anilines is 1. The maximum atomic E-state index is 12.8. The van der Waals surface area contributed by atoms with Crippen LogP contribution in [0.1, 0.15) is 65.9 Å². The van der Waals surface area contributed by atoms with Crippen molar-refractivity contribution in [3.8, 4) is 0 Å². The highest BCUT2D eigenvalue weighted by molar-refractivity contribution is 6.55. The van der Waals surface area contributed by atoms with Crippen LogP contribution in [0.4, 0.5) is 10.5 Å². The summed E-state index contributed by atoms with van der Waals surface area (Å²) in [5, 5.41) is 9.31. The number of rotatable bonds is 14. The summed E-state index contributed by atoms with van der Waals surface area (Å²) in [6.45, 7) is 10.2. The predicted octanol–water partition coefficient (Wildman–Crippen LogP) is 3.13. The highest BCUT2D eigenvalue weighted by atomic mass is 16.5. The van der Waals surface area contributed by atoms with Gasteiger partial charge in [-0.2, -0.15) is 0 Å². The van der Waals surface area contributed by atoms with Crippen LogP contribution in [0.2, 0.25) is 0 Å². The summed E-state index contributed by atoms with van der Waals surface area (Å²) in [5.74, 6) is -1.03. The normalized spacial score (nSPS) is 14.8. The molecule has 9 nitrogen and oxygen atoms in total. The molecule has 10 heteroatoms. The van der Waals surface area contributed by atoms with Crippen molar-refractivity contribution in [2.24, 2.45) is 11.7 Å². The lowest BCUT2D eigenvalue weighted by Crippen LogP contribution is -2.47. The third kappa shape index (κ3) is 11.4. The fourth-order valence-corrected chi connectivity index (χ4v) is 3.78. The van der Waals surface area contributed by atoms with Gasteiger partial charge in [-0.1, -0.05) is 26.0 Å². The van der Waals surface area contributed by atoms with Crippen molar-refractivity contribution < 1.29 is 23.9 Å². The van der Waals surface area contributed by atoms with Gasteiger partial charge in [0.15, 0.2) is 0 Å². The molecule has 2 amide bonds. The topological polar surface area (TPSA) is 132 Å². The highest BCUT2D eigenvalue weighted by Crippen LogP contribution is 2.30. The smallest absolute Gasteiger partial charge is 0.243 e. The molecule has 2 unspecified atom stereocenters. The van der Waals surface area contributed by atoms with Crippen LogP contribution in [0, 0.1) is 5.92 Å². The lowest BCUT2D eigenvalue weighted by atomic mass is 9.85. The van der Waals surface area contributed by atoms with Crippen LogP contribution in [0.5, 0.6) is 0 Å². The van der Waals surface area contributed by atoms with Gasteiger partial charge in [0.25, 0.3) is 0 Å². The minimum Gasteiger partial charge on any atom is -0.470 e. The summed E-state index contributed by atoms with van der Waals surface area (Å²) < 4.78 is 10.5. The van der Waals surface area contributed by atoms with Gasteiger partial charge in [-0.25, -0.2) is 0 Å². The third-order valence-corrected chi connectivity index (χ3v) is 5.90. The van der Waals surface area contributed by atoms with E-state index >= 15 is 0 Å². The Balaban J connectivity index is 1.95. The van der Waals surface area contributed by atoms with Crippen LogP contribution in [-0.4, -0.2) is 56.4 Å². The Labute approximate surface area is 221 Å². The Kier molecular flexibility index (Phi) is 11.6. The number of nitrogens with one attached hydrogen (secondary N) is 3. The Morgan fingerprint density at radius 2 is 1.73 bits per heavy atom. The van der Waals surface area contributed by atoms with Crippen molar-refractivity contribution in [2.45, 2.75) is 84.6 Å². The second-order valence-electron chi connectivity index (χ2n) is 10.7. The van der Waals surface area contributed by atoms with E-state index in [9.17, 15) is 14.4 Å². The maximum Gasteiger partial charge on any atom is 0.243 e. The van der Waals surface area contributed by atoms with Crippen molar-refractivity contribution in [2.75, 3.05) is 18.5 Å². The van der Waals surface area contributed by atoms with Gasteiger partial charge in [0.2, 0.25) is 25.5 Å². The molecule has 0 saturated heterocycles. The van der Waals surface area contributed by atoms with E-state index in [-0.39, 0.29) is 49.5 Å². The molecule has 2 atom stereocenters. The van der Waals surface area contributed by atoms with Crippen LogP contribution in [-0.2, 0) is 25.7 Å². The average Bonchev–Trinajstić information content (AvgIpc) is 2.76. The zero-order valence-electron chi connectivity index (χ0n) is 22.7. The first-order valence-corrected chi connectivity index (χ1v) is 12.8. The van der Waals surface area contributed by atoms with Gasteiger partial charge >= 0.3 is 0 Å². The van der Waals surface area contributed by atoms with E-state index in [1.807, 2.05) is 34.6 Å². The largest absolute Gasteiger partial charge is 0.470 e. The fraction of sp³-hybridized carbons (Fsp3) is 0.593. The van der Waals surface area contributed by atoms with Crippen LogP contribution in [0.25, 0.3) is 0 Å². The molecule has 0 bridgehead atoms. The fourth-order valence-electron chi connectivity index (χ4n) is 3.78. The van der Waals surface area contributed by atoms with E-state index in [1.165, 1.54) is 5.57 Å². The van der Waals surface area contributed by atoms with Gasteiger partial charge in [0.05, 0.1) is 31.7 Å². The Bertz CT molecular complexity index is 951. The highest BCUT2D eigenvalue weighted by Gasteiger charge is 2.27. The summed E-state index contributed by atoms with van der Waals surface area (Å²) in [6.07, 6.45) is 2.95. The second kappa shape index (κ2) is 14.2. The second-order valence-corrected chi connectivity index (χ2v) is 10.7. The van der Waals surface area contributed by atoms with Gasteiger partial charge in [0.1, 0.15) is 6.61 Å². The quantitative estimate of drug-likeness (QED) is 0.282. The SMILES string of the molecule is [B]C(=O)OCc1ccc(NC(=O)CNC(=C2CCC2)C(NC(=O)CC(C)OCC(C)(C)N)C(C)C)cc1. The number of carbonyl (C=O) groups is 3. The molecule has 1 aliphatic carbocycles. The zero-order chi connectivity index (χ0) is 27.6. The van der Waals surface area contributed by atoms with Gasteiger partial charge in [-0.15, -0.1) is 0 Å². The number of hydrogen-bond donors (Lipinski definition) is 4. The molecule has 37 heavy (non-hydrogen) atoms. The van der Waals surface area contributed by atoms with E-state index < -0.39 is 11.4 Å². The average molecular weight is 512 g/mol. The molecular formula is C27H41BN4O5. The van der Waals surface area contributed by atoms with Gasteiger partial charge in [-0.05, 0) is 69.2 Å². The lowest BCUT2D eigenvalue weighted by Gasteiger charge is -2.32. The summed E-state index contributed by atoms with van der Waals surface area (Å²) in [6, 6.07) is 6.72.